The van der Waals surface area contributed by atoms with E-state index < -0.39 is 12.1 Å². The number of benzene rings is 2. The van der Waals surface area contributed by atoms with Gasteiger partial charge in [-0.15, -0.1) is 0 Å². The lowest BCUT2D eigenvalue weighted by Crippen LogP contribution is -2.06. The van der Waals surface area contributed by atoms with Gasteiger partial charge in [-0.2, -0.15) is 0 Å². The Kier molecular flexibility index (Phi) is 9.66. The van der Waals surface area contributed by atoms with Crippen molar-refractivity contribution >= 4 is 5.97 Å². The van der Waals surface area contributed by atoms with Crippen LogP contribution in [0.4, 0.5) is 0 Å². The molecule has 5 nitrogen and oxygen atoms in total. The topological polar surface area (TPSA) is 76.0 Å². The Labute approximate surface area is 166 Å². The van der Waals surface area contributed by atoms with E-state index in [1.165, 1.54) is 0 Å². The largest absolute Gasteiger partial charge is 0.494 e. The molecule has 150 valence electrons. The summed E-state index contributed by atoms with van der Waals surface area (Å²) in [6.45, 7) is 1.32. The fourth-order valence-corrected chi connectivity index (χ4v) is 2.55. The van der Waals surface area contributed by atoms with Crippen LogP contribution in [0.15, 0.2) is 66.7 Å². The van der Waals surface area contributed by atoms with Gasteiger partial charge in [-0.1, -0.05) is 42.5 Å². The van der Waals surface area contributed by atoms with Crippen molar-refractivity contribution in [2.45, 2.75) is 38.2 Å². The molecule has 5 heteroatoms. The van der Waals surface area contributed by atoms with Gasteiger partial charge in [0.2, 0.25) is 0 Å². The van der Waals surface area contributed by atoms with Crippen LogP contribution < -0.4 is 9.47 Å². The normalized spacial score (nSPS) is 12.0. The minimum absolute atomic E-state index is 0.0318. The molecule has 28 heavy (non-hydrogen) atoms. The van der Waals surface area contributed by atoms with Gasteiger partial charge in [0.25, 0.3) is 0 Å². The molecule has 0 bridgehead atoms. The molecule has 2 aromatic carbocycles. The second-order valence-corrected chi connectivity index (χ2v) is 6.49. The van der Waals surface area contributed by atoms with Crippen molar-refractivity contribution in [3.05, 3.63) is 72.3 Å². The van der Waals surface area contributed by atoms with Crippen LogP contribution in [-0.4, -0.2) is 35.5 Å². The maximum atomic E-state index is 10.5. The maximum absolute atomic E-state index is 10.5. The molecule has 2 N–H and O–H groups in total. The molecule has 0 heterocycles. The molecular weight excluding hydrogens is 356 g/mol. The van der Waals surface area contributed by atoms with Crippen molar-refractivity contribution in [3.8, 4) is 11.5 Å². The number of rotatable bonds is 13. The smallest absolute Gasteiger partial charge is 0.303 e. The number of aliphatic hydroxyl groups is 1. The lowest BCUT2D eigenvalue weighted by atomic mass is 10.1. The zero-order valence-corrected chi connectivity index (χ0v) is 16.0. The SMILES string of the molecule is O=C(O)CC[C@@H](O)C=CCc1ccc(OCCCCOc2ccccc2)cc1. The van der Waals surface area contributed by atoms with E-state index >= 15 is 0 Å². The third-order valence-electron chi connectivity index (χ3n) is 4.11. The van der Waals surface area contributed by atoms with Crippen molar-refractivity contribution in [1.29, 1.82) is 0 Å². The van der Waals surface area contributed by atoms with E-state index in [2.05, 4.69) is 0 Å². The van der Waals surface area contributed by atoms with E-state index in [1.54, 1.807) is 6.08 Å². The molecule has 0 aliphatic rings. The van der Waals surface area contributed by atoms with Crippen LogP contribution in [0.5, 0.6) is 11.5 Å². The highest BCUT2D eigenvalue weighted by Gasteiger charge is 2.03. The third-order valence-corrected chi connectivity index (χ3v) is 4.11. The monoisotopic (exact) mass is 384 g/mol. The Hall–Kier alpha value is -2.79. The van der Waals surface area contributed by atoms with Crippen LogP contribution >= 0.6 is 0 Å². The summed E-state index contributed by atoms with van der Waals surface area (Å²) in [6.07, 6.45) is 5.52. The Bertz CT molecular complexity index is 710. The molecule has 0 radical (unpaired) electrons. The van der Waals surface area contributed by atoms with Gasteiger partial charge < -0.3 is 19.7 Å². The van der Waals surface area contributed by atoms with Gasteiger partial charge >= 0.3 is 5.97 Å². The van der Waals surface area contributed by atoms with Gasteiger partial charge in [0.15, 0.2) is 0 Å². The molecule has 0 aliphatic heterocycles. The molecule has 2 aromatic rings. The first kappa shape index (κ1) is 21.5. The van der Waals surface area contributed by atoms with Crippen molar-refractivity contribution in [3.63, 3.8) is 0 Å². The van der Waals surface area contributed by atoms with E-state index in [0.717, 1.165) is 29.9 Å². The van der Waals surface area contributed by atoms with Gasteiger partial charge in [-0.3, -0.25) is 4.79 Å². The summed E-state index contributed by atoms with van der Waals surface area (Å²) in [5.41, 5.74) is 1.10. The zero-order valence-electron chi connectivity index (χ0n) is 16.0. The number of carbonyl (C=O) groups is 1. The van der Waals surface area contributed by atoms with Gasteiger partial charge in [-0.05, 0) is 55.5 Å². The van der Waals surface area contributed by atoms with Gasteiger partial charge in [0, 0.05) is 6.42 Å². The second kappa shape index (κ2) is 12.6. The molecule has 0 saturated heterocycles. The van der Waals surface area contributed by atoms with Crippen LogP contribution in [0.1, 0.15) is 31.2 Å². The Morgan fingerprint density at radius 2 is 1.54 bits per heavy atom. The third kappa shape index (κ3) is 9.24. The molecule has 1 atom stereocenters. The highest BCUT2D eigenvalue weighted by atomic mass is 16.5. The highest BCUT2D eigenvalue weighted by molar-refractivity contribution is 5.66. The second-order valence-electron chi connectivity index (χ2n) is 6.49. The minimum atomic E-state index is -0.897. The summed E-state index contributed by atoms with van der Waals surface area (Å²) in [5, 5.41) is 18.3. The van der Waals surface area contributed by atoms with E-state index in [0.29, 0.717) is 19.6 Å². The highest BCUT2D eigenvalue weighted by Crippen LogP contribution is 2.14. The summed E-state index contributed by atoms with van der Waals surface area (Å²) in [4.78, 5) is 10.5. The lowest BCUT2D eigenvalue weighted by molar-refractivity contribution is -0.137. The molecule has 0 aromatic heterocycles. The number of hydrogen-bond donors (Lipinski definition) is 2. The molecule has 2 rings (SSSR count). The minimum Gasteiger partial charge on any atom is -0.494 e. The fourth-order valence-electron chi connectivity index (χ4n) is 2.55. The number of ether oxygens (including phenoxy) is 2. The molecule has 0 spiro atoms. The van der Waals surface area contributed by atoms with Crippen molar-refractivity contribution in [2.75, 3.05) is 13.2 Å². The molecule has 0 saturated carbocycles. The van der Waals surface area contributed by atoms with Crippen LogP contribution in [-0.2, 0) is 11.2 Å². The predicted molar refractivity (Wildman–Crippen MR) is 109 cm³/mol. The average molecular weight is 384 g/mol. The molecule has 0 aliphatic carbocycles. The van der Waals surface area contributed by atoms with Gasteiger partial charge in [0.1, 0.15) is 11.5 Å². The molecule has 0 unspecified atom stereocenters. The number of aliphatic hydroxyl groups excluding tert-OH is 1. The summed E-state index contributed by atoms with van der Waals surface area (Å²) in [7, 11) is 0. The predicted octanol–water partition coefficient (Wildman–Crippen LogP) is 4.25. The molecular formula is C23H28O5. The number of unbranched alkanes of at least 4 members (excludes halogenated alkanes) is 1. The summed E-state index contributed by atoms with van der Waals surface area (Å²) in [5.74, 6) is 0.826. The Morgan fingerprint density at radius 1 is 0.929 bits per heavy atom. The zero-order chi connectivity index (χ0) is 20.0. The fraction of sp³-hybridized carbons (Fsp3) is 0.348. The number of aliphatic carboxylic acids is 1. The lowest BCUT2D eigenvalue weighted by Gasteiger charge is -2.08. The summed E-state index contributed by atoms with van der Waals surface area (Å²) in [6, 6.07) is 17.6. The number of para-hydroxylation sites is 1. The standard InChI is InChI=1S/C23H28O5/c24-20(13-16-23(25)26)8-6-7-19-11-14-22(15-12-19)28-18-5-4-17-27-21-9-2-1-3-10-21/h1-3,6,8-12,14-15,20,24H,4-5,7,13,16-18H2,(H,25,26)/t20-/m0/s1. The summed E-state index contributed by atoms with van der Waals surface area (Å²) < 4.78 is 11.4. The van der Waals surface area contributed by atoms with Crippen molar-refractivity contribution in [1.82, 2.24) is 0 Å². The molecule has 0 amide bonds. The van der Waals surface area contributed by atoms with E-state index in [-0.39, 0.29) is 12.8 Å². The number of allylic oxidation sites excluding steroid dienone is 1. The van der Waals surface area contributed by atoms with Crippen molar-refractivity contribution < 1.29 is 24.5 Å². The molecule has 0 fully saturated rings. The Balaban J connectivity index is 1.58. The average Bonchev–Trinajstić information content (AvgIpc) is 2.71. The van der Waals surface area contributed by atoms with Gasteiger partial charge in [-0.25, -0.2) is 0 Å². The maximum Gasteiger partial charge on any atom is 0.303 e. The first-order chi connectivity index (χ1) is 13.6. The Morgan fingerprint density at radius 3 is 2.14 bits per heavy atom. The summed E-state index contributed by atoms with van der Waals surface area (Å²) >= 11 is 0. The van der Waals surface area contributed by atoms with E-state index in [9.17, 15) is 9.90 Å². The van der Waals surface area contributed by atoms with E-state index in [4.69, 9.17) is 14.6 Å². The van der Waals surface area contributed by atoms with Crippen LogP contribution in [0.2, 0.25) is 0 Å². The van der Waals surface area contributed by atoms with Crippen LogP contribution in [0.25, 0.3) is 0 Å². The number of carboxylic acid groups (broad SMARTS) is 1. The number of carboxylic acids is 1. The first-order valence-electron chi connectivity index (χ1n) is 9.59. The quantitative estimate of drug-likeness (QED) is 0.399. The van der Waals surface area contributed by atoms with Gasteiger partial charge in [0.05, 0.1) is 19.3 Å². The number of hydrogen-bond acceptors (Lipinski definition) is 4. The van der Waals surface area contributed by atoms with E-state index in [1.807, 2.05) is 60.7 Å². The first-order valence-corrected chi connectivity index (χ1v) is 9.59. The van der Waals surface area contributed by atoms with Crippen LogP contribution in [0.3, 0.4) is 0 Å². The van der Waals surface area contributed by atoms with Crippen molar-refractivity contribution in [2.24, 2.45) is 0 Å². The van der Waals surface area contributed by atoms with Crippen LogP contribution in [0, 0.1) is 0 Å².